The van der Waals surface area contributed by atoms with Gasteiger partial charge in [-0.25, -0.2) is 4.79 Å². The molecule has 1 aromatic heterocycles. The van der Waals surface area contributed by atoms with Gasteiger partial charge in [0.15, 0.2) is 5.82 Å². The normalized spacial score (nSPS) is 19.5. The van der Waals surface area contributed by atoms with E-state index in [2.05, 4.69) is 25.4 Å². The van der Waals surface area contributed by atoms with Crippen LogP contribution in [0, 0.1) is 5.92 Å². The maximum Gasteiger partial charge on any atom is 0.315 e. The molecule has 0 aromatic carbocycles. The van der Waals surface area contributed by atoms with Gasteiger partial charge in [-0.1, -0.05) is 19.3 Å². The number of carbonyl (C=O) groups excluding carboxylic acids is 1. The lowest BCUT2D eigenvalue weighted by Crippen LogP contribution is -2.46. The molecule has 2 amide bonds. The monoisotopic (exact) mass is 335 g/mol. The van der Waals surface area contributed by atoms with Crippen molar-refractivity contribution in [2.45, 2.75) is 76.9 Å². The highest BCUT2D eigenvalue weighted by atomic mass is 16.3. The SMILES string of the molecule is O=C(NCc1nnc2n1CCCC2)NC(CCO)C1CCCCC1. The molecule has 1 atom stereocenters. The molecular weight excluding hydrogens is 306 g/mol. The number of nitrogens with one attached hydrogen (secondary N) is 2. The van der Waals surface area contributed by atoms with Crippen molar-refractivity contribution in [3.63, 3.8) is 0 Å². The van der Waals surface area contributed by atoms with Crippen LogP contribution in [-0.4, -0.2) is 38.6 Å². The number of hydrogen-bond donors (Lipinski definition) is 3. The van der Waals surface area contributed by atoms with Gasteiger partial charge in [-0.2, -0.15) is 0 Å². The van der Waals surface area contributed by atoms with Gasteiger partial charge in [0, 0.05) is 25.6 Å². The molecule has 1 aliphatic heterocycles. The van der Waals surface area contributed by atoms with E-state index >= 15 is 0 Å². The number of nitrogens with zero attached hydrogens (tertiary/aromatic N) is 3. The van der Waals surface area contributed by atoms with E-state index in [-0.39, 0.29) is 18.7 Å². The minimum absolute atomic E-state index is 0.0580. The summed E-state index contributed by atoms with van der Waals surface area (Å²) < 4.78 is 2.12. The molecule has 2 aliphatic rings. The molecule has 1 unspecified atom stereocenters. The number of fused-ring (bicyclic) bond motifs is 1. The van der Waals surface area contributed by atoms with Crippen molar-refractivity contribution < 1.29 is 9.90 Å². The van der Waals surface area contributed by atoms with E-state index in [4.69, 9.17) is 0 Å². The van der Waals surface area contributed by atoms with E-state index in [1.165, 1.54) is 19.3 Å². The smallest absolute Gasteiger partial charge is 0.315 e. The van der Waals surface area contributed by atoms with E-state index in [1.807, 2.05) is 0 Å². The lowest BCUT2D eigenvalue weighted by Gasteiger charge is -2.30. The van der Waals surface area contributed by atoms with Crippen LogP contribution in [0.5, 0.6) is 0 Å². The molecule has 1 saturated carbocycles. The summed E-state index contributed by atoms with van der Waals surface area (Å²) in [4.78, 5) is 12.3. The van der Waals surface area contributed by atoms with Crippen molar-refractivity contribution in [3.05, 3.63) is 11.6 Å². The molecule has 1 aliphatic carbocycles. The van der Waals surface area contributed by atoms with Crippen molar-refractivity contribution in [1.82, 2.24) is 25.4 Å². The van der Waals surface area contributed by atoms with Crippen molar-refractivity contribution >= 4 is 6.03 Å². The number of carbonyl (C=O) groups is 1. The highest BCUT2D eigenvalue weighted by molar-refractivity contribution is 5.74. The molecule has 24 heavy (non-hydrogen) atoms. The van der Waals surface area contributed by atoms with Gasteiger partial charge >= 0.3 is 6.03 Å². The van der Waals surface area contributed by atoms with Gasteiger partial charge in [-0.15, -0.1) is 10.2 Å². The molecule has 3 N–H and O–H groups in total. The van der Waals surface area contributed by atoms with Gasteiger partial charge in [0.25, 0.3) is 0 Å². The van der Waals surface area contributed by atoms with Gasteiger partial charge < -0.3 is 20.3 Å². The zero-order valence-corrected chi connectivity index (χ0v) is 14.3. The average molecular weight is 335 g/mol. The molecular formula is C17H29N5O2. The van der Waals surface area contributed by atoms with E-state index in [0.29, 0.717) is 18.9 Å². The molecule has 0 radical (unpaired) electrons. The van der Waals surface area contributed by atoms with Crippen LogP contribution >= 0.6 is 0 Å². The number of rotatable bonds is 6. The predicted octanol–water partition coefficient (Wildman–Crippen LogP) is 1.74. The largest absolute Gasteiger partial charge is 0.396 e. The first kappa shape index (κ1) is 17.2. The number of aryl methyl sites for hydroxylation is 1. The first-order valence-corrected chi connectivity index (χ1v) is 9.34. The first-order valence-electron chi connectivity index (χ1n) is 9.34. The topological polar surface area (TPSA) is 92.1 Å². The average Bonchev–Trinajstić information content (AvgIpc) is 3.04. The Morgan fingerprint density at radius 2 is 2.04 bits per heavy atom. The quantitative estimate of drug-likeness (QED) is 0.738. The molecule has 0 bridgehead atoms. The molecule has 7 nitrogen and oxygen atoms in total. The predicted molar refractivity (Wildman–Crippen MR) is 90.4 cm³/mol. The Kier molecular flexibility index (Phi) is 6.07. The minimum atomic E-state index is -0.174. The zero-order valence-electron chi connectivity index (χ0n) is 14.3. The molecule has 134 valence electrons. The summed E-state index contributed by atoms with van der Waals surface area (Å²) in [6, 6.07) is -0.116. The summed E-state index contributed by atoms with van der Waals surface area (Å²) in [5, 5.41) is 23.7. The van der Waals surface area contributed by atoms with E-state index in [9.17, 15) is 9.90 Å². The lowest BCUT2D eigenvalue weighted by molar-refractivity contribution is 0.196. The second kappa shape index (κ2) is 8.46. The minimum Gasteiger partial charge on any atom is -0.396 e. The maximum atomic E-state index is 12.3. The number of urea groups is 1. The van der Waals surface area contributed by atoms with Crippen LogP contribution in [0.25, 0.3) is 0 Å². The van der Waals surface area contributed by atoms with Crippen LogP contribution in [-0.2, 0) is 19.5 Å². The molecule has 3 rings (SSSR count). The molecule has 0 saturated heterocycles. The van der Waals surface area contributed by atoms with Gasteiger partial charge in [-0.05, 0) is 38.0 Å². The third-order valence-electron chi connectivity index (χ3n) is 5.32. The van der Waals surface area contributed by atoms with Gasteiger partial charge in [0.2, 0.25) is 0 Å². The Labute approximate surface area is 143 Å². The number of amides is 2. The Bertz CT molecular complexity index is 539. The Balaban J connectivity index is 1.51. The molecule has 1 fully saturated rings. The Hall–Kier alpha value is -1.63. The number of aromatic nitrogens is 3. The van der Waals surface area contributed by atoms with Crippen molar-refractivity contribution in [2.75, 3.05) is 6.61 Å². The maximum absolute atomic E-state index is 12.3. The molecule has 7 heteroatoms. The summed E-state index contributed by atoms with van der Waals surface area (Å²) in [5.41, 5.74) is 0. The van der Waals surface area contributed by atoms with E-state index < -0.39 is 0 Å². The Morgan fingerprint density at radius 1 is 1.21 bits per heavy atom. The summed E-state index contributed by atoms with van der Waals surface area (Å²) >= 11 is 0. The van der Waals surface area contributed by atoms with Gasteiger partial charge in [-0.3, -0.25) is 0 Å². The summed E-state index contributed by atoms with van der Waals surface area (Å²) in [5.74, 6) is 2.34. The van der Waals surface area contributed by atoms with Crippen LogP contribution in [0.15, 0.2) is 0 Å². The van der Waals surface area contributed by atoms with Crippen LogP contribution in [0.3, 0.4) is 0 Å². The van der Waals surface area contributed by atoms with Crippen molar-refractivity contribution in [3.8, 4) is 0 Å². The standard InChI is InChI=1S/C17H29N5O2/c23-11-9-14(13-6-2-1-3-7-13)19-17(24)18-12-16-21-20-15-8-4-5-10-22(15)16/h13-14,23H,1-12H2,(H2,18,19,24). The van der Waals surface area contributed by atoms with Crippen LogP contribution in [0.1, 0.15) is 63.0 Å². The Morgan fingerprint density at radius 3 is 2.83 bits per heavy atom. The van der Waals surface area contributed by atoms with E-state index in [1.54, 1.807) is 0 Å². The second-order valence-electron chi connectivity index (χ2n) is 6.99. The fourth-order valence-electron chi connectivity index (χ4n) is 3.98. The summed E-state index contributed by atoms with van der Waals surface area (Å²) in [7, 11) is 0. The highest BCUT2D eigenvalue weighted by Crippen LogP contribution is 2.27. The molecule has 2 heterocycles. The van der Waals surface area contributed by atoms with E-state index in [0.717, 1.165) is 50.3 Å². The zero-order chi connectivity index (χ0) is 16.8. The van der Waals surface area contributed by atoms with Crippen LogP contribution in [0.2, 0.25) is 0 Å². The summed E-state index contributed by atoms with van der Waals surface area (Å²) in [6.07, 6.45) is 9.92. The van der Waals surface area contributed by atoms with Gasteiger partial charge in [0.05, 0.1) is 6.54 Å². The molecule has 1 aromatic rings. The third kappa shape index (κ3) is 4.26. The fourth-order valence-corrected chi connectivity index (χ4v) is 3.98. The van der Waals surface area contributed by atoms with Crippen LogP contribution < -0.4 is 10.6 Å². The number of hydrogen-bond acceptors (Lipinski definition) is 4. The fraction of sp³-hybridized carbons (Fsp3) is 0.824. The van der Waals surface area contributed by atoms with Crippen LogP contribution in [0.4, 0.5) is 4.79 Å². The van der Waals surface area contributed by atoms with Gasteiger partial charge in [0.1, 0.15) is 5.82 Å². The van der Waals surface area contributed by atoms with Crippen molar-refractivity contribution in [2.24, 2.45) is 5.92 Å². The summed E-state index contributed by atoms with van der Waals surface area (Å²) in [6.45, 7) is 1.45. The highest BCUT2D eigenvalue weighted by Gasteiger charge is 2.25. The first-order chi connectivity index (χ1) is 11.8. The third-order valence-corrected chi connectivity index (χ3v) is 5.32. The lowest BCUT2D eigenvalue weighted by atomic mass is 9.83. The molecule has 0 spiro atoms. The number of aliphatic hydroxyl groups is 1. The van der Waals surface area contributed by atoms with Crippen molar-refractivity contribution in [1.29, 1.82) is 0 Å². The number of aliphatic hydroxyl groups excluding tert-OH is 1. The second-order valence-corrected chi connectivity index (χ2v) is 6.99.